The summed E-state index contributed by atoms with van der Waals surface area (Å²) in [5, 5.41) is 10.6. The Morgan fingerprint density at radius 2 is 1.96 bits per heavy atom. The maximum Gasteiger partial charge on any atom is 0.200 e. The van der Waals surface area contributed by atoms with Crippen LogP contribution in [0.25, 0.3) is 11.5 Å². The SMILES string of the molecule is Cc1nc(-c2csc(Cc3cc(Cl)ccc3OCc3ccccc3)n2)n[nH]1. The van der Waals surface area contributed by atoms with Crippen LogP contribution in [0.5, 0.6) is 5.75 Å². The molecular formula is C20H17ClN4OS. The van der Waals surface area contributed by atoms with Crippen molar-refractivity contribution in [2.75, 3.05) is 0 Å². The molecule has 0 amide bonds. The molecule has 0 aliphatic carbocycles. The summed E-state index contributed by atoms with van der Waals surface area (Å²) in [4.78, 5) is 8.98. The van der Waals surface area contributed by atoms with Gasteiger partial charge in [-0.1, -0.05) is 41.9 Å². The molecule has 0 radical (unpaired) electrons. The predicted molar refractivity (Wildman–Crippen MR) is 107 cm³/mol. The summed E-state index contributed by atoms with van der Waals surface area (Å²) < 4.78 is 6.03. The number of nitrogens with zero attached hydrogens (tertiary/aromatic N) is 3. The fourth-order valence-corrected chi connectivity index (χ4v) is 3.67. The monoisotopic (exact) mass is 396 g/mol. The molecule has 2 heterocycles. The van der Waals surface area contributed by atoms with Crippen LogP contribution < -0.4 is 4.74 Å². The lowest BCUT2D eigenvalue weighted by atomic mass is 10.1. The van der Waals surface area contributed by atoms with E-state index in [9.17, 15) is 0 Å². The van der Waals surface area contributed by atoms with E-state index in [1.54, 1.807) is 11.3 Å². The second-order valence-corrected chi connectivity index (χ2v) is 7.45. The standard InChI is InChI=1S/C20H17ClN4OS/c1-13-22-20(25-24-13)17-12-27-19(23-17)10-15-9-16(21)7-8-18(15)26-11-14-5-3-2-4-6-14/h2-9,12H,10-11H2,1H3,(H,22,24,25). The molecule has 0 saturated heterocycles. The topological polar surface area (TPSA) is 63.7 Å². The Balaban J connectivity index is 1.53. The van der Waals surface area contributed by atoms with E-state index in [0.717, 1.165) is 33.4 Å². The molecular weight excluding hydrogens is 380 g/mol. The van der Waals surface area contributed by atoms with E-state index in [1.165, 1.54) is 0 Å². The van der Waals surface area contributed by atoms with Crippen LogP contribution >= 0.6 is 22.9 Å². The number of halogens is 1. The zero-order valence-corrected chi connectivity index (χ0v) is 16.2. The fraction of sp³-hybridized carbons (Fsp3) is 0.150. The number of H-pyrrole nitrogens is 1. The third-order valence-electron chi connectivity index (χ3n) is 3.98. The molecule has 5 nitrogen and oxygen atoms in total. The Bertz CT molecular complexity index is 1050. The summed E-state index contributed by atoms with van der Waals surface area (Å²) >= 11 is 7.78. The number of benzene rings is 2. The van der Waals surface area contributed by atoms with Crippen molar-refractivity contribution in [1.29, 1.82) is 0 Å². The molecule has 0 aliphatic heterocycles. The lowest BCUT2D eigenvalue weighted by molar-refractivity contribution is 0.303. The first kappa shape index (κ1) is 17.7. The number of ether oxygens (including phenoxy) is 1. The van der Waals surface area contributed by atoms with E-state index in [0.29, 0.717) is 23.9 Å². The first-order chi connectivity index (χ1) is 13.2. The second kappa shape index (κ2) is 7.90. The van der Waals surface area contributed by atoms with Crippen molar-refractivity contribution in [1.82, 2.24) is 20.2 Å². The minimum atomic E-state index is 0.509. The Morgan fingerprint density at radius 1 is 1.11 bits per heavy atom. The molecule has 0 spiro atoms. The van der Waals surface area contributed by atoms with Gasteiger partial charge >= 0.3 is 0 Å². The summed E-state index contributed by atoms with van der Waals surface area (Å²) in [5.41, 5.74) is 2.90. The summed E-state index contributed by atoms with van der Waals surface area (Å²) in [6, 6.07) is 15.8. The molecule has 0 saturated carbocycles. The predicted octanol–water partition coefficient (Wildman–Crippen LogP) is 5.06. The van der Waals surface area contributed by atoms with Crippen LogP contribution in [0.1, 0.15) is 22.0 Å². The van der Waals surface area contributed by atoms with Gasteiger partial charge in [-0.25, -0.2) is 9.97 Å². The highest BCUT2D eigenvalue weighted by atomic mass is 35.5. The average molecular weight is 397 g/mol. The van der Waals surface area contributed by atoms with E-state index < -0.39 is 0 Å². The number of nitrogens with one attached hydrogen (secondary N) is 1. The van der Waals surface area contributed by atoms with Gasteiger partial charge in [0.15, 0.2) is 0 Å². The van der Waals surface area contributed by atoms with Crippen LogP contribution in [0.3, 0.4) is 0 Å². The van der Waals surface area contributed by atoms with Crippen molar-refractivity contribution in [2.24, 2.45) is 0 Å². The van der Waals surface area contributed by atoms with Crippen molar-refractivity contribution < 1.29 is 4.74 Å². The van der Waals surface area contributed by atoms with E-state index in [2.05, 4.69) is 20.2 Å². The van der Waals surface area contributed by atoms with Crippen molar-refractivity contribution in [3.05, 3.63) is 80.9 Å². The van der Waals surface area contributed by atoms with Gasteiger partial charge in [0, 0.05) is 22.4 Å². The highest BCUT2D eigenvalue weighted by Crippen LogP contribution is 2.28. The Morgan fingerprint density at radius 3 is 2.74 bits per heavy atom. The fourth-order valence-electron chi connectivity index (χ4n) is 2.68. The van der Waals surface area contributed by atoms with Crippen LogP contribution in [0.15, 0.2) is 53.9 Å². The second-order valence-electron chi connectivity index (χ2n) is 6.07. The van der Waals surface area contributed by atoms with Gasteiger partial charge in [0.1, 0.15) is 23.9 Å². The van der Waals surface area contributed by atoms with Gasteiger partial charge in [0.05, 0.1) is 5.01 Å². The zero-order valence-electron chi connectivity index (χ0n) is 14.6. The number of hydrogen-bond acceptors (Lipinski definition) is 5. The molecule has 0 unspecified atom stereocenters. The summed E-state index contributed by atoms with van der Waals surface area (Å²) in [6.07, 6.45) is 0.638. The van der Waals surface area contributed by atoms with E-state index in [4.69, 9.17) is 16.3 Å². The van der Waals surface area contributed by atoms with Crippen LogP contribution in [0.2, 0.25) is 5.02 Å². The van der Waals surface area contributed by atoms with Crippen LogP contribution in [-0.2, 0) is 13.0 Å². The molecule has 1 N–H and O–H groups in total. The van der Waals surface area contributed by atoms with E-state index >= 15 is 0 Å². The molecule has 136 valence electrons. The molecule has 4 aromatic rings. The van der Waals surface area contributed by atoms with Crippen molar-refractivity contribution >= 4 is 22.9 Å². The molecule has 0 atom stereocenters. The minimum absolute atomic E-state index is 0.509. The molecule has 0 aliphatic rings. The number of aromatic nitrogens is 4. The first-order valence-electron chi connectivity index (χ1n) is 8.46. The highest BCUT2D eigenvalue weighted by molar-refractivity contribution is 7.10. The van der Waals surface area contributed by atoms with E-state index in [-0.39, 0.29) is 0 Å². The Hall–Kier alpha value is -2.70. The number of aryl methyl sites for hydroxylation is 1. The molecule has 4 rings (SSSR count). The molecule has 0 fully saturated rings. The van der Waals surface area contributed by atoms with Gasteiger partial charge in [-0.15, -0.1) is 11.3 Å². The third kappa shape index (κ3) is 4.35. The molecule has 0 bridgehead atoms. The average Bonchev–Trinajstić information content (AvgIpc) is 3.31. The zero-order chi connectivity index (χ0) is 18.6. The van der Waals surface area contributed by atoms with Crippen LogP contribution in [0, 0.1) is 6.92 Å². The molecule has 7 heteroatoms. The van der Waals surface area contributed by atoms with Crippen LogP contribution in [0.4, 0.5) is 0 Å². The third-order valence-corrected chi connectivity index (χ3v) is 5.06. The van der Waals surface area contributed by atoms with E-state index in [1.807, 2.05) is 60.8 Å². The van der Waals surface area contributed by atoms with Gasteiger partial charge in [0.2, 0.25) is 5.82 Å². The smallest absolute Gasteiger partial charge is 0.200 e. The van der Waals surface area contributed by atoms with Crippen molar-refractivity contribution in [3.8, 4) is 17.3 Å². The van der Waals surface area contributed by atoms with Gasteiger partial charge in [-0.2, -0.15) is 5.10 Å². The number of thiazole rings is 1. The van der Waals surface area contributed by atoms with Gasteiger partial charge in [-0.3, -0.25) is 5.10 Å². The van der Waals surface area contributed by atoms with Crippen molar-refractivity contribution in [2.45, 2.75) is 20.0 Å². The van der Waals surface area contributed by atoms with Gasteiger partial charge in [-0.05, 0) is 30.7 Å². The quantitative estimate of drug-likeness (QED) is 0.494. The van der Waals surface area contributed by atoms with Crippen molar-refractivity contribution in [3.63, 3.8) is 0 Å². The lowest BCUT2D eigenvalue weighted by Gasteiger charge is -2.11. The number of rotatable bonds is 6. The maximum atomic E-state index is 6.21. The highest BCUT2D eigenvalue weighted by Gasteiger charge is 2.12. The summed E-state index contributed by atoms with van der Waals surface area (Å²) in [6.45, 7) is 2.38. The van der Waals surface area contributed by atoms with Crippen LogP contribution in [-0.4, -0.2) is 20.2 Å². The molecule has 2 aromatic carbocycles. The first-order valence-corrected chi connectivity index (χ1v) is 9.72. The normalized spacial score (nSPS) is 10.9. The largest absolute Gasteiger partial charge is 0.489 e. The maximum absolute atomic E-state index is 6.21. The van der Waals surface area contributed by atoms with Gasteiger partial charge in [0.25, 0.3) is 0 Å². The summed E-state index contributed by atoms with van der Waals surface area (Å²) in [5.74, 6) is 2.20. The number of aromatic amines is 1. The Labute approximate surface area is 166 Å². The van der Waals surface area contributed by atoms with Gasteiger partial charge < -0.3 is 4.74 Å². The molecule has 2 aromatic heterocycles. The summed E-state index contributed by atoms with van der Waals surface area (Å²) in [7, 11) is 0. The molecule has 27 heavy (non-hydrogen) atoms. The minimum Gasteiger partial charge on any atom is -0.489 e. The lowest BCUT2D eigenvalue weighted by Crippen LogP contribution is -1.99. The Kier molecular flexibility index (Phi) is 5.18. The number of hydrogen-bond donors (Lipinski definition) is 1.